The molecule has 2 aromatic rings. The Morgan fingerprint density at radius 3 is 2.76 bits per heavy atom. The average Bonchev–Trinajstić information content (AvgIpc) is 2.67. The van der Waals surface area contributed by atoms with Crippen LogP contribution in [0.25, 0.3) is 0 Å². The molecule has 0 amide bonds. The number of oxazole rings is 1. The Hall–Kier alpha value is -1.07. The van der Waals surface area contributed by atoms with E-state index in [1.54, 1.807) is 25.3 Å². The molecule has 0 N–H and O–H groups in total. The summed E-state index contributed by atoms with van der Waals surface area (Å²) in [6.07, 6.45) is 1.61. The number of ketones is 1. The van der Waals surface area contributed by atoms with Crippen molar-refractivity contribution in [2.75, 3.05) is 0 Å². The van der Waals surface area contributed by atoms with Gasteiger partial charge in [-0.15, -0.1) is 0 Å². The van der Waals surface area contributed by atoms with Crippen LogP contribution >= 0.6 is 27.7 Å². The van der Waals surface area contributed by atoms with Crippen molar-refractivity contribution in [2.24, 2.45) is 0 Å². The van der Waals surface area contributed by atoms with Crippen molar-refractivity contribution < 1.29 is 9.21 Å². The van der Waals surface area contributed by atoms with Gasteiger partial charge in [0.25, 0.3) is 5.22 Å². The number of carbonyl (C=O) groups excluding carboxylic acids is 1. The molecule has 0 spiro atoms. The first kappa shape index (κ1) is 12.4. The number of Topliss-reactive ketones (excluding diaryl/α,β-unsaturated/α-hetero) is 1. The second-order valence-electron chi connectivity index (χ2n) is 3.56. The van der Waals surface area contributed by atoms with Crippen molar-refractivity contribution >= 4 is 33.5 Å². The lowest BCUT2D eigenvalue weighted by molar-refractivity contribution is 0.101. The largest absolute Gasteiger partial charge is 0.439 e. The number of aryl methyl sites for hydroxylation is 1. The van der Waals surface area contributed by atoms with E-state index in [4.69, 9.17) is 4.42 Å². The molecule has 0 saturated heterocycles. The number of halogens is 1. The van der Waals surface area contributed by atoms with E-state index in [2.05, 4.69) is 20.9 Å². The molecule has 0 radical (unpaired) electrons. The maximum atomic E-state index is 11.2. The first-order chi connectivity index (χ1) is 8.06. The number of benzene rings is 1. The fraction of sp³-hybridized carbons (Fsp3) is 0.167. The first-order valence-corrected chi connectivity index (χ1v) is 6.57. The van der Waals surface area contributed by atoms with Gasteiger partial charge in [0.15, 0.2) is 5.78 Å². The summed E-state index contributed by atoms with van der Waals surface area (Å²) in [5, 5.41) is 0.596. The summed E-state index contributed by atoms with van der Waals surface area (Å²) in [6, 6.07) is 5.48. The van der Waals surface area contributed by atoms with Crippen LogP contribution in [0.3, 0.4) is 0 Å². The maximum Gasteiger partial charge on any atom is 0.260 e. The molecule has 88 valence electrons. The molecule has 0 aliphatic heterocycles. The second kappa shape index (κ2) is 5.06. The lowest BCUT2D eigenvalue weighted by Crippen LogP contribution is -1.91. The van der Waals surface area contributed by atoms with Crippen LogP contribution in [0, 0.1) is 6.92 Å². The normalized spacial score (nSPS) is 10.5. The fourth-order valence-electron chi connectivity index (χ4n) is 1.28. The van der Waals surface area contributed by atoms with Gasteiger partial charge in [-0.25, -0.2) is 4.98 Å². The van der Waals surface area contributed by atoms with Crippen LogP contribution in [-0.4, -0.2) is 10.8 Å². The molecule has 0 saturated carbocycles. The lowest BCUT2D eigenvalue weighted by atomic mass is 10.2. The predicted octanol–water partition coefficient (Wildman–Crippen LogP) is 4.10. The Bertz CT molecular complexity index is 565. The summed E-state index contributed by atoms with van der Waals surface area (Å²) in [6.45, 7) is 3.42. The second-order valence-corrected chi connectivity index (χ2v) is 5.41. The third kappa shape index (κ3) is 2.98. The Kier molecular flexibility index (Phi) is 3.69. The van der Waals surface area contributed by atoms with Crippen LogP contribution in [0.4, 0.5) is 0 Å². The number of rotatable bonds is 3. The molecular formula is C12H10BrNO2S. The molecule has 0 atom stereocenters. The summed E-state index contributed by atoms with van der Waals surface area (Å²) in [5.41, 5.74) is 1.54. The summed E-state index contributed by atoms with van der Waals surface area (Å²) < 4.78 is 6.13. The van der Waals surface area contributed by atoms with Crippen LogP contribution in [0.15, 0.2) is 43.5 Å². The molecule has 0 bridgehead atoms. The van der Waals surface area contributed by atoms with E-state index in [0.717, 1.165) is 15.1 Å². The molecule has 2 rings (SSSR count). The molecule has 1 aromatic carbocycles. The monoisotopic (exact) mass is 311 g/mol. The Morgan fingerprint density at radius 2 is 2.24 bits per heavy atom. The maximum absolute atomic E-state index is 11.2. The minimum atomic E-state index is 0.0502. The zero-order chi connectivity index (χ0) is 12.4. The van der Waals surface area contributed by atoms with Gasteiger partial charge in [0.2, 0.25) is 0 Å². The van der Waals surface area contributed by atoms with Gasteiger partial charge in [0, 0.05) is 14.9 Å². The summed E-state index contributed by atoms with van der Waals surface area (Å²) in [7, 11) is 0. The molecular weight excluding hydrogens is 302 g/mol. The number of aromatic nitrogens is 1. The van der Waals surface area contributed by atoms with E-state index in [1.165, 1.54) is 11.8 Å². The first-order valence-electron chi connectivity index (χ1n) is 4.97. The molecule has 1 aromatic heterocycles. The van der Waals surface area contributed by atoms with Crippen LogP contribution in [0.2, 0.25) is 0 Å². The zero-order valence-corrected chi connectivity index (χ0v) is 11.8. The van der Waals surface area contributed by atoms with Gasteiger partial charge in [-0.3, -0.25) is 4.79 Å². The van der Waals surface area contributed by atoms with Gasteiger partial charge in [-0.2, -0.15) is 0 Å². The van der Waals surface area contributed by atoms with Crippen molar-refractivity contribution in [1.29, 1.82) is 0 Å². The van der Waals surface area contributed by atoms with Gasteiger partial charge in [-0.1, -0.05) is 6.07 Å². The van der Waals surface area contributed by atoms with Gasteiger partial charge in [0.05, 0.1) is 5.69 Å². The molecule has 5 heteroatoms. The molecule has 0 fully saturated rings. The number of carbonyl (C=O) groups is 1. The molecule has 0 unspecified atom stereocenters. The summed E-state index contributed by atoms with van der Waals surface area (Å²) in [4.78, 5) is 16.4. The van der Waals surface area contributed by atoms with Crippen molar-refractivity contribution in [3.05, 3.63) is 40.2 Å². The predicted molar refractivity (Wildman–Crippen MR) is 69.5 cm³/mol. The topological polar surface area (TPSA) is 43.1 Å². The minimum Gasteiger partial charge on any atom is -0.439 e. The summed E-state index contributed by atoms with van der Waals surface area (Å²) in [5.74, 6) is 0.0502. The van der Waals surface area contributed by atoms with Crippen LogP contribution in [-0.2, 0) is 0 Å². The van der Waals surface area contributed by atoms with Crippen molar-refractivity contribution in [3.63, 3.8) is 0 Å². The molecule has 0 aliphatic carbocycles. The summed E-state index contributed by atoms with van der Waals surface area (Å²) >= 11 is 4.86. The Morgan fingerprint density at radius 1 is 1.47 bits per heavy atom. The van der Waals surface area contributed by atoms with E-state index >= 15 is 0 Å². The average molecular weight is 312 g/mol. The minimum absolute atomic E-state index is 0.0502. The molecule has 1 heterocycles. The van der Waals surface area contributed by atoms with E-state index in [1.807, 2.05) is 13.0 Å². The van der Waals surface area contributed by atoms with Gasteiger partial charge < -0.3 is 4.42 Å². The van der Waals surface area contributed by atoms with Crippen LogP contribution in [0.1, 0.15) is 23.0 Å². The molecule has 17 heavy (non-hydrogen) atoms. The Balaban J connectivity index is 2.25. The highest BCUT2D eigenvalue weighted by Gasteiger charge is 2.09. The molecule has 3 nitrogen and oxygen atoms in total. The van der Waals surface area contributed by atoms with Gasteiger partial charge in [-0.05, 0) is 53.7 Å². The third-order valence-corrected chi connectivity index (χ3v) is 3.99. The number of hydrogen-bond donors (Lipinski definition) is 0. The lowest BCUT2D eigenvalue weighted by Gasteiger charge is -2.02. The van der Waals surface area contributed by atoms with Gasteiger partial charge in [0.1, 0.15) is 6.26 Å². The van der Waals surface area contributed by atoms with Crippen molar-refractivity contribution in [2.45, 2.75) is 24.0 Å². The zero-order valence-electron chi connectivity index (χ0n) is 9.36. The SMILES string of the molecule is CC(=O)c1ccc(Sc2nc(C)co2)c(Br)c1. The smallest absolute Gasteiger partial charge is 0.260 e. The van der Waals surface area contributed by atoms with Crippen LogP contribution in [0.5, 0.6) is 0 Å². The van der Waals surface area contributed by atoms with Crippen LogP contribution < -0.4 is 0 Å². The van der Waals surface area contributed by atoms with Crippen molar-refractivity contribution in [1.82, 2.24) is 4.98 Å². The van der Waals surface area contributed by atoms with E-state index in [-0.39, 0.29) is 5.78 Å². The standard InChI is InChI=1S/C12H10BrNO2S/c1-7-6-16-12(14-7)17-11-4-3-9(8(2)15)5-10(11)13/h3-6H,1-2H3. The number of hydrogen-bond acceptors (Lipinski definition) is 4. The highest BCUT2D eigenvalue weighted by Crippen LogP contribution is 2.33. The van der Waals surface area contributed by atoms with E-state index in [9.17, 15) is 4.79 Å². The van der Waals surface area contributed by atoms with E-state index in [0.29, 0.717) is 10.8 Å². The third-order valence-electron chi connectivity index (χ3n) is 2.13. The van der Waals surface area contributed by atoms with Crippen molar-refractivity contribution in [3.8, 4) is 0 Å². The highest BCUT2D eigenvalue weighted by molar-refractivity contribution is 9.10. The quantitative estimate of drug-likeness (QED) is 0.800. The number of nitrogens with zero attached hydrogens (tertiary/aromatic N) is 1. The van der Waals surface area contributed by atoms with E-state index < -0.39 is 0 Å². The van der Waals surface area contributed by atoms with Gasteiger partial charge >= 0.3 is 0 Å². The molecule has 0 aliphatic rings. The fourth-order valence-corrected chi connectivity index (χ4v) is 2.66. The highest BCUT2D eigenvalue weighted by atomic mass is 79.9. The Labute approximate surface area is 112 Å².